The fraction of sp³-hybridized carbons (Fsp3) is 0.300. The van der Waals surface area contributed by atoms with Gasteiger partial charge in [-0.3, -0.25) is 9.97 Å². The molecule has 0 N–H and O–H groups in total. The quantitative estimate of drug-likeness (QED) is 0.502. The second kappa shape index (κ2) is 6.98. The number of thiophene rings is 2. The Morgan fingerprint density at radius 3 is 2.89 bits per heavy atom. The summed E-state index contributed by atoms with van der Waals surface area (Å²) in [5.74, 6) is 1.81. The van der Waals surface area contributed by atoms with Crippen molar-refractivity contribution in [3.8, 4) is 11.4 Å². The third-order valence-corrected chi connectivity index (χ3v) is 6.82. The normalized spacial score (nSPS) is 13.7. The van der Waals surface area contributed by atoms with E-state index in [2.05, 4.69) is 38.7 Å². The van der Waals surface area contributed by atoms with Gasteiger partial charge in [0.25, 0.3) is 0 Å². The van der Waals surface area contributed by atoms with Crippen molar-refractivity contribution in [1.29, 1.82) is 0 Å². The number of anilines is 1. The van der Waals surface area contributed by atoms with Crippen LogP contribution in [-0.2, 0) is 19.4 Å². The summed E-state index contributed by atoms with van der Waals surface area (Å²) in [5, 5.41) is 5.42. The standard InChI is InChI=1S/C20H19N5S2/c1-25(11-14-10-21-7-8-22-14)19-17-15-4-2-3-5-16(15)27-20(17)24-18(23-19)13-6-9-26-12-13/h6-10,12H,2-5,11H2,1H3. The molecule has 5 nitrogen and oxygen atoms in total. The van der Waals surface area contributed by atoms with Crippen molar-refractivity contribution >= 4 is 38.7 Å². The van der Waals surface area contributed by atoms with E-state index in [0.29, 0.717) is 6.54 Å². The van der Waals surface area contributed by atoms with E-state index in [9.17, 15) is 0 Å². The summed E-state index contributed by atoms with van der Waals surface area (Å²) in [6.45, 7) is 0.674. The molecule has 27 heavy (non-hydrogen) atoms. The van der Waals surface area contributed by atoms with E-state index in [4.69, 9.17) is 9.97 Å². The van der Waals surface area contributed by atoms with Gasteiger partial charge in [-0.1, -0.05) is 0 Å². The van der Waals surface area contributed by atoms with E-state index >= 15 is 0 Å². The molecule has 0 bridgehead atoms. The number of rotatable bonds is 4. The van der Waals surface area contributed by atoms with Crippen molar-refractivity contribution in [1.82, 2.24) is 19.9 Å². The van der Waals surface area contributed by atoms with E-state index < -0.39 is 0 Å². The summed E-state index contributed by atoms with van der Waals surface area (Å²) >= 11 is 3.52. The van der Waals surface area contributed by atoms with Crippen LogP contribution >= 0.6 is 22.7 Å². The number of aromatic nitrogens is 4. The Labute approximate surface area is 165 Å². The van der Waals surface area contributed by atoms with Gasteiger partial charge < -0.3 is 4.90 Å². The van der Waals surface area contributed by atoms with Crippen molar-refractivity contribution in [2.75, 3.05) is 11.9 Å². The molecule has 0 amide bonds. The highest BCUT2D eigenvalue weighted by Gasteiger charge is 2.23. The number of hydrogen-bond donors (Lipinski definition) is 0. The summed E-state index contributed by atoms with van der Waals surface area (Å²) in [4.78, 5) is 23.3. The first kappa shape index (κ1) is 16.8. The van der Waals surface area contributed by atoms with Crippen molar-refractivity contribution in [3.05, 3.63) is 51.6 Å². The zero-order valence-electron chi connectivity index (χ0n) is 15.1. The number of aryl methyl sites for hydroxylation is 2. The van der Waals surface area contributed by atoms with Crippen molar-refractivity contribution < 1.29 is 0 Å². The highest BCUT2D eigenvalue weighted by molar-refractivity contribution is 7.19. The van der Waals surface area contributed by atoms with Crippen LogP contribution in [0.3, 0.4) is 0 Å². The Bertz CT molecular complexity index is 1070. The average molecular weight is 394 g/mol. The molecule has 0 saturated carbocycles. The fourth-order valence-corrected chi connectivity index (χ4v) is 5.55. The van der Waals surface area contributed by atoms with Gasteiger partial charge in [-0.15, -0.1) is 11.3 Å². The first-order valence-corrected chi connectivity index (χ1v) is 10.9. The fourth-order valence-electron chi connectivity index (χ4n) is 3.66. The van der Waals surface area contributed by atoms with Crippen LogP contribution in [0, 0.1) is 0 Å². The Hall–Kier alpha value is -2.38. The van der Waals surface area contributed by atoms with Crippen LogP contribution in [0.2, 0.25) is 0 Å². The van der Waals surface area contributed by atoms with Crippen LogP contribution in [0.5, 0.6) is 0 Å². The Morgan fingerprint density at radius 1 is 1.15 bits per heavy atom. The molecule has 1 aliphatic carbocycles. The van der Waals surface area contributed by atoms with Crippen LogP contribution < -0.4 is 4.90 Å². The molecule has 0 spiro atoms. The lowest BCUT2D eigenvalue weighted by Crippen LogP contribution is -2.19. The molecule has 0 unspecified atom stereocenters. The molecule has 0 aromatic carbocycles. The molecule has 0 aliphatic heterocycles. The van der Waals surface area contributed by atoms with E-state index in [1.54, 1.807) is 23.7 Å². The molecule has 4 aromatic rings. The van der Waals surface area contributed by atoms with Crippen molar-refractivity contribution in [3.63, 3.8) is 0 Å². The van der Waals surface area contributed by atoms with Gasteiger partial charge in [0, 0.05) is 35.3 Å². The SMILES string of the molecule is CN(Cc1cnccn1)c1nc(-c2ccsc2)nc2sc3c(c12)CCCC3. The molecule has 0 saturated heterocycles. The molecule has 0 radical (unpaired) electrons. The Kier molecular flexibility index (Phi) is 4.33. The van der Waals surface area contributed by atoms with Gasteiger partial charge in [-0.05, 0) is 42.7 Å². The van der Waals surface area contributed by atoms with E-state index in [1.807, 2.05) is 17.5 Å². The lowest BCUT2D eigenvalue weighted by molar-refractivity contribution is 0.700. The zero-order chi connectivity index (χ0) is 18.2. The summed E-state index contributed by atoms with van der Waals surface area (Å²) in [6.07, 6.45) is 10.1. The summed E-state index contributed by atoms with van der Waals surface area (Å²) in [5.41, 5.74) is 3.48. The molecule has 0 atom stereocenters. The number of hydrogen-bond acceptors (Lipinski definition) is 7. The maximum atomic E-state index is 5.00. The predicted octanol–water partition coefficient (Wildman–Crippen LogP) is 4.73. The van der Waals surface area contributed by atoms with Gasteiger partial charge in [0.2, 0.25) is 0 Å². The Morgan fingerprint density at radius 2 is 2.07 bits per heavy atom. The predicted molar refractivity (Wildman–Crippen MR) is 112 cm³/mol. The monoisotopic (exact) mass is 393 g/mol. The van der Waals surface area contributed by atoms with Gasteiger partial charge >= 0.3 is 0 Å². The first-order chi connectivity index (χ1) is 13.3. The molecule has 5 rings (SSSR count). The lowest BCUT2D eigenvalue weighted by Gasteiger charge is -2.20. The molecule has 0 fully saturated rings. The lowest BCUT2D eigenvalue weighted by atomic mass is 9.97. The minimum atomic E-state index is 0.674. The van der Waals surface area contributed by atoms with E-state index in [-0.39, 0.29) is 0 Å². The van der Waals surface area contributed by atoms with Crippen LogP contribution in [0.15, 0.2) is 35.4 Å². The Balaban J connectivity index is 1.66. The second-order valence-corrected chi connectivity index (χ2v) is 8.69. The highest BCUT2D eigenvalue weighted by atomic mass is 32.1. The number of fused-ring (bicyclic) bond motifs is 3. The smallest absolute Gasteiger partial charge is 0.163 e. The first-order valence-electron chi connectivity index (χ1n) is 9.10. The third-order valence-electron chi connectivity index (χ3n) is 4.95. The van der Waals surface area contributed by atoms with Crippen LogP contribution in [-0.4, -0.2) is 27.0 Å². The summed E-state index contributed by atoms with van der Waals surface area (Å²) in [6, 6.07) is 2.09. The average Bonchev–Trinajstić information content (AvgIpc) is 3.35. The maximum Gasteiger partial charge on any atom is 0.163 e. The molecule has 1 aliphatic rings. The highest BCUT2D eigenvalue weighted by Crippen LogP contribution is 2.40. The zero-order valence-corrected chi connectivity index (χ0v) is 16.7. The third kappa shape index (κ3) is 3.11. The van der Waals surface area contributed by atoms with Gasteiger partial charge in [-0.2, -0.15) is 11.3 Å². The molecule has 136 valence electrons. The van der Waals surface area contributed by atoms with E-state index in [1.165, 1.54) is 28.7 Å². The van der Waals surface area contributed by atoms with Gasteiger partial charge in [0.1, 0.15) is 10.6 Å². The second-order valence-electron chi connectivity index (χ2n) is 6.83. The van der Waals surface area contributed by atoms with Gasteiger partial charge in [-0.25, -0.2) is 9.97 Å². The largest absolute Gasteiger partial charge is 0.353 e. The molecular weight excluding hydrogens is 374 g/mol. The number of nitrogens with zero attached hydrogens (tertiary/aromatic N) is 5. The van der Waals surface area contributed by atoms with Gasteiger partial charge in [0.15, 0.2) is 5.82 Å². The minimum Gasteiger partial charge on any atom is -0.353 e. The van der Waals surface area contributed by atoms with Gasteiger partial charge in [0.05, 0.1) is 23.8 Å². The molecule has 4 heterocycles. The summed E-state index contributed by atoms with van der Waals surface area (Å²) < 4.78 is 0. The maximum absolute atomic E-state index is 5.00. The minimum absolute atomic E-state index is 0.674. The molecule has 4 aromatic heterocycles. The topological polar surface area (TPSA) is 54.8 Å². The van der Waals surface area contributed by atoms with E-state index in [0.717, 1.165) is 40.6 Å². The van der Waals surface area contributed by atoms with Crippen LogP contribution in [0.1, 0.15) is 29.0 Å². The van der Waals surface area contributed by atoms with Crippen LogP contribution in [0.25, 0.3) is 21.6 Å². The van der Waals surface area contributed by atoms with Crippen molar-refractivity contribution in [2.24, 2.45) is 0 Å². The molecular formula is C20H19N5S2. The van der Waals surface area contributed by atoms with Crippen molar-refractivity contribution in [2.45, 2.75) is 32.2 Å². The van der Waals surface area contributed by atoms with Crippen LogP contribution in [0.4, 0.5) is 5.82 Å². The molecule has 7 heteroatoms. The summed E-state index contributed by atoms with van der Waals surface area (Å²) in [7, 11) is 2.08.